The van der Waals surface area contributed by atoms with Crippen molar-refractivity contribution >= 4 is 23.4 Å². The maximum atomic E-state index is 13.7. The Morgan fingerprint density at radius 3 is 2.42 bits per heavy atom. The Balaban J connectivity index is 1.60. The molecule has 36 heavy (non-hydrogen) atoms. The van der Waals surface area contributed by atoms with Gasteiger partial charge in [0.25, 0.3) is 11.8 Å². The van der Waals surface area contributed by atoms with Gasteiger partial charge in [0.1, 0.15) is 17.1 Å². The van der Waals surface area contributed by atoms with Crippen LogP contribution in [-0.2, 0) is 17.9 Å². The van der Waals surface area contributed by atoms with Gasteiger partial charge in [-0.15, -0.1) is 0 Å². The molecule has 0 saturated heterocycles. The van der Waals surface area contributed by atoms with Crippen molar-refractivity contribution in [2.75, 3.05) is 11.9 Å². The quantitative estimate of drug-likeness (QED) is 0.525. The fourth-order valence-corrected chi connectivity index (χ4v) is 4.59. The zero-order chi connectivity index (χ0) is 26.0. The van der Waals surface area contributed by atoms with E-state index in [1.54, 1.807) is 23.6 Å². The van der Waals surface area contributed by atoms with Crippen LogP contribution in [0.15, 0.2) is 48.8 Å². The molecule has 2 aromatic carbocycles. The van der Waals surface area contributed by atoms with Crippen LogP contribution < -0.4 is 10.6 Å². The largest absolute Gasteiger partial charge is 0.350 e. The van der Waals surface area contributed by atoms with Gasteiger partial charge in [-0.1, -0.05) is 37.3 Å². The Labute approximate surface area is 209 Å². The molecule has 1 aliphatic rings. The minimum absolute atomic E-state index is 0.0255. The molecule has 0 spiro atoms. The lowest BCUT2D eigenvalue weighted by molar-refractivity contribution is -0.133. The lowest BCUT2D eigenvalue weighted by Gasteiger charge is -2.43. The summed E-state index contributed by atoms with van der Waals surface area (Å²) in [6, 6.07) is 11.6. The van der Waals surface area contributed by atoms with Gasteiger partial charge in [-0.05, 0) is 56.0 Å². The van der Waals surface area contributed by atoms with Crippen LogP contribution in [0.3, 0.4) is 0 Å². The summed E-state index contributed by atoms with van der Waals surface area (Å²) in [5.41, 5.74) is 2.23. The number of halogens is 1. The maximum absolute atomic E-state index is 13.7. The molecule has 0 unspecified atom stereocenters. The SMILES string of the molecule is CCCN1C(=O)c2c(C(=O)Nc3c(C)cccc3C)ncn2C[C@]1(C)C(=O)NCc1ccc(F)cc1. The van der Waals surface area contributed by atoms with E-state index in [0.717, 1.165) is 16.7 Å². The van der Waals surface area contributed by atoms with Crippen LogP contribution in [0.2, 0.25) is 0 Å². The zero-order valence-electron chi connectivity index (χ0n) is 20.9. The molecule has 0 aliphatic carbocycles. The number of para-hydroxylation sites is 1. The number of carbonyl (C=O) groups is 3. The number of fused-ring (bicyclic) bond motifs is 1. The van der Waals surface area contributed by atoms with Gasteiger partial charge < -0.3 is 20.1 Å². The number of nitrogens with zero attached hydrogens (tertiary/aromatic N) is 3. The second-order valence-electron chi connectivity index (χ2n) is 9.33. The number of aromatic nitrogens is 2. The van der Waals surface area contributed by atoms with E-state index in [1.807, 2.05) is 39.0 Å². The molecule has 2 heterocycles. The Morgan fingerprint density at radius 1 is 1.11 bits per heavy atom. The van der Waals surface area contributed by atoms with Crippen LogP contribution >= 0.6 is 0 Å². The van der Waals surface area contributed by atoms with Crippen molar-refractivity contribution in [2.24, 2.45) is 0 Å². The molecular formula is C27H30FN5O3. The Hall–Kier alpha value is -4.01. The third-order valence-corrected chi connectivity index (χ3v) is 6.60. The first-order valence-electron chi connectivity index (χ1n) is 11.9. The molecule has 8 nitrogen and oxygen atoms in total. The van der Waals surface area contributed by atoms with E-state index in [0.29, 0.717) is 18.7 Å². The van der Waals surface area contributed by atoms with Crippen LogP contribution in [-0.4, -0.2) is 44.3 Å². The number of rotatable bonds is 7. The highest BCUT2D eigenvalue weighted by Gasteiger charge is 2.48. The lowest BCUT2D eigenvalue weighted by Crippen LogP contribution is -2.64. The number of anilines is 1. The lowest BCUT2D eigenvalue weighted by atomic mass is 9.93. The molecule has 4 rings (SSSR count). The fourth-order valence-electron chi connectivity index (χ4n) is 4.59. The van der Waals surface area contributed by atoms with Gasteiger partial charge in [0.05, 0.1) is 12.9 Å². The van der Waals surface area contributed by atoms with E-state index in [2.05, 4.69) is 15.6 Å². The van der Waals surface area contributed by atoms with Crippen LogP contribution in [0, 0.1) is 19.7 Å². The molecule has 0 fully saturated rings. The number of carbonyl (C=O) groups excluding carboxylic acids is 3. The molecule has 1 aromatic heterocycles. The third-order valence-electron chi connectivity index (χ3n) is 6.60. The average molecular weight is 492 g/mol. The number of amides is 3. The number of hydrogen-bond acceptors (Lipinski definition) is 4. The predicted molar refractivity (Wildman–Crippen MR) is 134 cm³/mol. The Kier molecular flexibility index (Phi) is 6.92. The van der Waals surface area contributed by atoms with Crippen LogP contribution in [0.25, 0.3) is 0 Å². The van der Waals surface area contributed by atoms with E-state index in [-0.39, 0.29) is 36.2 Å². The van der Waals surface area contributed by atoms with Crippen molar-refractivity contribution in [3.05, 3.63) is 82.7 Å². The smallest absolute Gasteiger partial charge is 0.276 e. The second kappa shape index (κ2) is 9.93. The Bertz CT molecular complexity index is 1300. The summed E-state index contributed by atoms with van der Waals surface area (Å²) in [4.78, 5) is 46.0. The van der Waals surface area contributed by atoms with Crippen LogP contribution in [0.1, 0.15) is 57.9 Å². The predicted octanol–water partition coefficient (Wildman–Crippen LogP) is 3.83. The molecule has 1 atom stereocenters. The standard InChI is InChI=1S/C27H30FN5O3/c1-5-13-33-25(35)23-22(24(34)31-21-17(2)7-6-8-18(21)3)30-16-32(23)15-27(33,4)26(36)29-14-19-9-11-20(28)12-10-19/h6-12,16H,5,13-15H2,1-4H3,(H,29,36)(H,31,34)/t27-/m1/s1. The number of benzene rings is 2. The van der Waals surface area contributed by atoms with Gasteiger partial charge in [-0.25, -0.2) is 9.37 Å². The normalized spacial score (nSPS) is 17.0. The van der Waals surface area contributed by atoms with Gasteiger partial charge >= 0.3 is 0 Å². The van der Waals surface area contributed by atoms with Gasteiger partial charge in [-0.3, -0.25) is 14.4 Å². The fraction of sp³-hybridized carbons (Fsp3) is 0.333. The molecule has 0 bridgehead atoms. The molecule has 3 aromatic rings. The number of aryl methyl sites for hydroxylation is 2. The molecule has 3 amide bonds. The highest BCUT2D eigenvalue weighted by molar-refractivity contribution is 6.12. The summed E-state index contributed by atoms with van der Waals surface area (Å²) in [7, 11) is 0. The molecule has 1 aliphatic heterocycles. The molecular weight excluding hydrogens is 461 g/mol. The third kappa shape index (κ3) is 4.60. The highest BCUT2D eigenvalue weighted by Crippen LogP contribution is 2.30. The van der Waals surface area contributed by atoms with Crippen molar-refractivity contribution in [1.82, 2.24) is 19.8 Å². The van der Waals surface area contributed by atoms with E-state index in [1.165, 1.54) is 23.4 Å². The van der Waals surface area contributed by atoms with Gasteiger partial charge in [-0.2, -0.15) is 0 Å². The highest BCUT2D eigenvalue weighted by atomic mass is 19.1. The minimum Gasteiger partial charge on any atom is -0.350 e. The number of imidazole rings is 1. The molecule has 0 saturated carbocycles. The summed E-state index contributed by atoms with van der Waals surface area (Å²) >= 11 is 0. The van der Waals surface area contributed by atoms with E-state index in [9.17, 15) is 18.8 Å². The molecule has 9 heteroatoms. The first-order valence-corrected chi connectivity index (χ1v) is 11.9. The van der Waals surface area contributed by atoms with Crippen molar-refractivity contribution < 1.29 is 18.8 Å². The molecule has 188 valence electrons. The maximum Gasteiger partial charge on any atom is 0.276 e. The van der Waals surface area contributed by atoms with Crippen molar-refractivity contribution in [3.63, 3.8) is 0 Å². The zero-order valence-corrected chi connectivity index (χ0v) is 20.9. The van der Waals surface area contributed by atoms with Gasteiger partial charge in [0.2, 0.25) is 5.91 Å². The first-order chi connectivity index (χ1) is 17.2. The van der Waals surface area contributed by atoms with Gasteiger partial charge in [0.15, 0.2) is 5.69 Å². The topological polar surface area (TPSA) is 96.3 Å². The van der Waals surface area contributed by atoms with Crippen LogP contribution in [0.4, 0.5) is 10.1 Å². The van der Waals surface area contributed by atoms with E-state index < -0.39 is 17.4 Å². The van der Waals surface area contributed by atoms with Crippen molar-refractivity contribution in [3.8, 4) is 0 Å². The average Bonchev–Trinajstić information content (AvgIpc) is 3.27. The van der Waals surface area contributed by atoms with E-state index in [4.69, 9.17) is 0 Å². The van der Waals surface area contributed by atoms with Crippen LogP contribution in [0.5, 0.6) is 0 Å². The van der Waals surface area contributed by atoms with Gasteiger partial charge in [0, 0.05) is 18.8 Å². The molecule has 2 N–H and O–H groups in total. The number of hydrogen-bond donors (Lipinski definition) is 2. The second-order valence-corrected chi connectivity index (χ2v) is 9.33. The molecule has 0 radical (unpaired) electrons. The number of nitrogens with one attached hydrogen (secondary N) is 2. The summed E-state index contributed by atoms with van der Waals surface area (Å²) in [6.45, 7) is 8.10. The van der Waals surface area contributed by atoms with Crippen molar-refractivity contribution in [2.45, 2.75) is 52.7 Å². The monoisotopic (exact) mass is 491 g/mol. The summed E-state index contributed by atoms with van der Waals surface area (Å²) in [6.07, 6.45) is 2.06. The summed E-state index contributed by atoms with van der Waals surface area (Å²) in [5.74, 6) is -1.59. The summed E-state index contributed by atoms with van der Waals surface area (Å²) < 4.78 is 14.8. The van der Waals surface area contributed by atoms with E-state index >= 15 is 0 Å². The van der Waals surface area contributed by atoms with Crippen molar-refractivity contribution in [1.29, 1.82) is 0 Å². The minimum atomic E-state index is -1.19. The summed E-state index contributed by atoms with van der Waals surface area (Å²) in [5, 5.41) is 5.77. The first kappa shape index (κ1) is 25.1. The Morgan fingerprint density at radius 2 is 1.78 bits per heavy atom.